The number of fused-ring (bicyclic) bond motifs is 1. The molecular weight excluding hydrogens is 334 g/mol. The van der Waals surface area contributed by atoms with Crippen LogP contribution in [0, 0.1) is 10.1 Å². The number of nitro benzene ring substituents is 1. The van der Waals surface area contributed by atoms with E-state index in [0.717, 1.165) is 35.5 Å². The highest BCUT2D eigenvalue weighted by Gasteiger charge is 2.32. The van der Waals surface area contributed by atoms with Crippen LogP contribution in [0.5, 0.6) is 0 Å². The lowest BCUT2D eigenvalue weighted by molar-refractivity contribution is -0.950. The Morgan fingerprint density at radius 1 is 1.16 bits per heavy atom. The molecule has 128 valence electrons. The van der Waals surface area contributed by atoms with E-state index < -0.39 is 0 Å². The van der Waals surface area contributed by atoms with Gasteiger partial charge in [-0.15, -0.1) is 11.3 Å². The van der Waals surface area contributed by atoms with Gasteiger partial charge in [-0.1, -0.05) is 24.3 Å². The molecule has 1 N–H and O–H groups in total. The average molecular weight is 354 g/mol. The molecule has 2 heterocycles. The Bertz CT molecular complexity index is 875. The summed E-state index contributed by atoms with van der Waals surface area (Å²) in [6, 6.07) is 15.7. The van der Waals surface area contributed by atoms with Gasteiger partial charge in [-0.25, -0.2) is 4.98 Å². The van der Waals surface area contributed by atoms with E-state index in [4.69, 9.17) is 4.98 Å². The largest absolute Gasteiger partial charge is 0.323 e. The molecule has 0 spiro atoms. The topological polar surface area (TPSA) is 60.5 Å². The molecule has 5 nitrogen and oxygen atoms in total. The van der Waals surface area contributed by atoms with Crippen molar-refractivity contribution in [1.29, 1.82) is 0 Å². The maximum absolute atomic E-state index is 11.3. The standard InChI is InChI=1S/C19H19N3O2S/c23-22(24)16-9-3-1-7-14(16)13-21-12-6-5-10-17(21)19-20-15-8-2-4-11-18(15)25-19/h1-4,7-9,11,17H,5-6,10,12-13H2/p+1/t17-/m0/s1. The van der Waals surface area contributed by atoms with E-state index in [0.29, 0.717) is 12.6 Å². The molecule has 1 aromatic heterocycles. The van der Waals surface area contributed by atoms with E-state index in [1.54, 1.807) is 23.5 Å². The SMILES string of the molecule is O=[N+]([O-])c1ccccc1C[NH+]1CCCC[C@H]1c1nc2ccccc2s1. The molecule has 0 amide bonds. The van der Waals surface area contributed by atoms with E-state index in [-0.39, 0.29) is 10.6 Å². The second-order valence-electron chi connectivity index (χ2n) is 6.54. The third-order valence-electron chi connectivity index (χ3n) is 4.95. The number of hydrogen-bond donors (Lipinski definition) is 1. The fraction of sp³-hybridized carbons (Fsp3) is 0.316. The summed E-state index contributed by atoms with van der Waals surface area (Å²) in [7, 11) is 0. The van der Waals surface area contributed by atoms with Crippen LogP contribution in [-0.4, -0.2) is 16.5 Å². The van der Waals surface area contributed by atoms with Gasteiger partial charge < -0.3 is 4.90 Å². The van der Waals surface area contributed by atoms with Crippen molar-refractivity contribution in [2.45, 2.75) is 31.8 Å². The van der Waals surface area contributed by atoms with Crippen LogP contribution in [0.4, 0.5) is 5.69 Å². The zero-order valence-electron chi connectivity index (χ0n) is 13.9. The van der Waals surface area contributed by atoms with Crippen LogP contribution >= 0.6 is 11.3 Å². The van der Waals surface area contributed by atoms with Gasteiger partial charge in [-0.2, -0.15) is 0 Å². The lowest BCUT2D eigenvalue weighted by Gasteiger charge is -2.31. The summed E-state index contributed by atoms with van der Waals surface area (Å²) in [5.74, 6) is 0. The lowest BCUT2D eigenvalue weighted by Crippen LogP contribution is -3.11. The van der Waals surface area contributed by atoms with E-state index >= 15 is 0 Å². The molecule has 3 aromatic rings. The first-order valence-corrected chi connectivity index (χ1v) is 9.46. The van der Waals surface area contributed by atoms with Gasteiger partial charge in [-0.05, 0) is 31.0 Å². The number of para-hydroxylation sites is 2. The number of nitrogens with one attached hydrogen (secondary N) is 1. The summed E-state index contributed by atoms with van der Waals surface area (Å²) >= 11 is 1.76. The maximum atomic E-state index is 11.3. The molecule has 25 heavy (non-hydrogen) atoms. The molecule has 0 radical (unpaired) electrons. The van der Waals surface area contributed by atoms with Gasteiger partial charge in [0.1, 0.15) is 12.6 Å². The summed E-state index contributed by atoms with van der Waals surface area (Å²) in [5, 5.41) is 12.5. The molecule has 0 aliphatic carbocycles. The number of piperidine rings is 1. The summed E-state index contributed by atoms with van der Waals surface area (Å²) in [6.07, 6.45) is 3.45. The summed E-state index contributed by atoms with van der Waals surface area (Å²) in [5.41, 5.74) is 2.09. The Hall–Kier alpha value is -2.31. The van der Waals surface area contributed by atoms with Gasteiger partial charge in [0.25, 0.3) is 5.69 Å². The van der Waals surface area contributed by atoms with E-state index in [1.807, 2.05) is 24.3 Å². The lowest BCUT2D eigenvalue weighted by atomic mass is 10.0. The van der Waals surface area contributed by atoms with Crippen molar-refractivity contribution >= 4 is 27.2 Å². The predicted molar refractivity (Wildman–Crippen MR) is 98.8 cm³/mol. The minimum atomic E-state index is -0.272. The van der Waals surface area contributed by atoms with Crippen molar-refractivity contribution in [1.82, 2.24) is 4.98 Å². The van der Waals surface area contributed by atoms with E-state index in [2.05, 4.69) is 12.1 Å². The fourth-order valence-corrected chi connectivity index (χ4v) is 4.87. The molecule has 6 heteroatoms. The minimum Gasteiger partial charge on any atom is -0.323 e. The Morgan fingerprint density at radius 3 is 2.80 bits per heavy atom. The van der Waals surface area contributed by atoms with Crippen molar-refractivity contribution in [3.05, 3.63) is 69.2 Å². The normalized spacial score (nSPS) is 20.6. The molecule has 2 aromatic carbocycles. The van der Waals surface area contributed by atoms with Crippen LogP contribution in [-0.2, 0) is 6.54 Å². The summed E-state index contributed by atoms with van der Waals surface area (Å²) in [6.45, 7) is 1.71. The smallest absolute Gasteiger partial charge is 0.278 e. The van der Waals surface area contributed by atoms with Gasteiger partial charge in [0.05, 0.1) is 27.2 Å². The van der Waals surface area contributed by atoms with Crippen molar-refractivity contribution in [3.63, 3.8) is 0 Å². The highest BCUT2D eigenvalue weighted by atomic mass is 32.1. The first kappa shape index (κ1) is 16.2. The first-order valence-electron chi connectivity index (χ1n) is 8.65. The van der Waals surface area contributed by atoms with Gasteiger partial charge in [0.2, 0.25) is 0 Å². The number of nitrogens with zero attached hydrogens (tertiary/aromatic N) is 2. The minimum absolute atomic E-state index is 0.226. The van der Waals surface area contributed by atoms with Gasteiger partial charge in [0, 0.05) is 12.5 Å². The Morgan fingerprint density at radius 2 is 1.96 bits per heavy atom. The number of nitro groups is 1. The van der Waals surface area contributed by atoms with Crippen LogP contribution < -0.4 is 4.90 Å². The third-order valence-corrected chi connectivity index (χ3v) is 6.10. The summed E-state index contributed by atoms with van der Waals surface area (Å²) < 4.78 is 1.22. The van der Waals surface area contributed by atoms with E-state index in [9.17, 15) is 10.1 Å². The number of quaternary nitrogens is 1. The molecule has 1 fully saturated rings. The maximum Gasteiger partial charge on any atom is 0.278 e. The zero-order valence-corrected chi connectivity index (χ0v) is 14.7. The Balaban J connectivity index is 1.64. The fourth-order valence-electron chi connectivity index (χ4n) is 3.71. The monoisotopic (exact) mass is 354 g/mol. The molecule has 1 aliphatic heterocycles. The first-order chi connectivity index (χ1) is 12.2. The number of benzene rings is 2. The quantitative estimate of drug-likeness (QED) is 0.576. The molecule has 1 aliphatic rings. The van der Waals surface area contributed by atoms with Crippen LogP contribution in [0.25, 0.3) is 10.2 Å². The van der Waals surface area contributed by atoms with Crippen LogP contribution in [0.3, 0.4) is 0 Å². The van der Waals surface area contributed by atoms with Crippen molar-refractivity contribution in [2.24, 2.45) is 0 Å². The molecule has 0 bridgehead atoms. The predicted octanol–water partition coefficient (Wildman–Crippen LogP) is 3.51. The van der Waals surface area contributed by atoms with Gasteiger partial charge >= 0.3 is 0 Å². The van der Waals surface area contributed by atoms with Crippen LogP contribution in [0.15, 0.2) is 48.5 Å². The number of thiazole rings is 1. The van der Waals surface area contributed by atoms with Crippen LogP contribution in [0.2, 0.25) is 0 Å². The van der Waals surface area contributed by atoms with Gasteiger partial charge in [-0.3, -0.25) is 10.1 Å². The second kappa shape index (κ2) is 6.90. The number of aromatic nitrogens is 1. The molecular formula is C19H20N3O2S+. The third kappa shape index (κ3) is 3.27. The van der Waals surface area contributed by atoms with Gasteiger partial charge in [0.15, 0.2) is 5.01 Å². The highest BCUT2D eigenvalue weighted by molar-refractivity contribution is 7.18. The average Bonchev–Trinajstić information content (AvgIpc) is 3.06. The van der Waals surface area contributed by atoms with Crippen molar-refractivity contribution in [3.8, 4) is 0 Å². The molecule has 4 rings (SSSR count). The number of rotatable bonds is 4. The van der Waals surface area contributed by atoms with Crippen molar-refractivity contribution in [2.75, 3.05) is 6.54 Å². The van der Waals surface area contributed by atoms with Crippen LogP contribution in [0.1, 0.15) is 35.9 Å². The van der Waals surface area contributed by atoms with Crippen molar-refractivity contribution < 1.29 is 9.82 Å². The summed E-state index contributed by atoms with van der Waals surface area (Å²) in [4.78, 5) is 17.3. The second-order valence-corrected chi connectivity index (χ2v) is 7.60. The Labute approximate surface area is 150 Å². The number of hydrogen-bond acceptors (Lipinski definition) is 4. The highest BCUT2D eigenvalue weighted by Crippen LogP contribution is 2.29. The molecule has 0 saturated carbocycles. The number of likely N-dealkylation sites (tertiary alicyclic amines) is 1. The molecule has 1 saturated heterocycles. The Kier molecular flexibility index (Phi) is 4.46. The molecule has 1 unspecified atom stereocenters. The van der Waals surface area contributed by atoms with E-state index in [1.165, 1.54) is 16.0 Å². The molecule has 2 atom stereocenters. The zero-order chi connectivity index (χ0) is 17.2.